The molecule has 25 heavy (non-hydrogen) atoms. The van der Waals surface area contributed by atoms with E-state index >= 15 is 0 Å². The highest BCUT2D eigenvalue weighted by atomic mass is 35.5. The SMILES string of the molecule is Cn1ccc(CNC(=O)c2ccc(COc3cccc(Cl)c3)cc2)n1. The minimum atomic E-state index is -0.132. The molecule has 0 bridgehead atoms. The van der Waals surface area contributed by atoms with Gasteiger partial charge in [0.25, 0.3) is 5.91 Å². The molecule has 128 valence electrons. The van der Waals surface area contributed by atoms with Gasteiger partial charge in [-0.05, 0) is 42.0 Å². The third kappa shape index (κ3) is 4.84. The number of nitrogens with zero attached hydrogens (tertiary/aromatic N) is 2. The van der Waals surface area contributed by atoms with Gasteiger partial charge >= 0.3 is 0 Å². The summed E-state index contributed by atoms with van der Waals surface area (Å²) in [6, 6.07) is 16.4. The summed E-state index contributed by atoms with van der Waals surface area (Å²) in [5.41, 5.74) is 2.39. The van der Waals surface area contributed by atoms with Gasteiger partial charge in [0.05, 0.1) is 12.2 Å². The Bertz CT molecular complexity index is 859. The zero-order chi connectivity index (χ0) is 17.6. The van der Waals surface area contributed by atoms with Crippen LogP contribution in [0.25, 0.3) is 0 Å². The lowest BCUT2D eigenvalue weighted by Gasteiger charge is -2.08. The van der Waals surface area contributed by atoms with E-state index in [0.717, 1.165) is 11.3 Å². The van der Waals surface area contributed by atoms with E-state index in [4.69, 9.17) is 16.3 Å². The Hall–Kier alpha value is -2.79. The average Bonchev–Trinajstić information content (AvgIpc) is 3.04. The first-order valence-corrected chi connectivity index (χ1v) is 8.22. The number of ether oxygens (including phenoxy) is 1. The van der Waals surface area contributed by atoms with Crippen molar-refractivity contribution in [2.24, 2.45) is 7.05 Å². The van der Waals surface area contributed by atoms with E-state index in [2.05, 4.69) is 10.4 Å². The molecular formula is C19H18ClN3O2. The number of carbonyl (C=O) groups excluding carboxylic acids is 1. The predicted molar refractivity (Wildman–Crippen MR) is 96.6 cm³/mol. The monoisotopic (exact) mass is 355 g/mol. The molecule has 0 aliphatic heterocycles. The molecule has 0 radical (unpaired) electrons. The molecule has 1 aromatic heterocycles. The zero-order valence-corrected chi connectivity index (χ0v) is 14.5. The molecule has 0 saturated carbocycles. The lowest BCUT2D eigenvalue weighted by molar-refractivity contribution is 0.0950. The summed E-state index contributed by atoms with van der Waals surface area (Å²) < 4.78 is 7.39. The number of hydrogen-bond acceptors (Lipinski definition) is 3. The van der Waals surface area contributed by atoms with Crippen molar-refractivity contribution in [3.05, 3.63) is 82.6 Å². The van der Waals surface area contributed by atoms with Gasteiger partial charge in [0.15, 0.2) is 0 Å². The Morgan fingerprint density at radius 1 is 1.20 bits per heavy atom. The fourth-order valence-electron chi connectivity index (χ4n) is 2.31. The molecule has 3 aromatic rings. The first-order chi connectivity index (χ1) is 12.1. The third-order valence-electron chi connectivity index (χ3n) is 3.62. The van der Waals surface area contributed by atoms with Crippen LogP contribution >= 0.6 is 11.6 Å². The second-order valence-electron chi connectivity index (χ2n) is 5.61. The molecule has 0 fully saturated rings. The minimum absolute atomic E-state index is 0.132. The van der Waals surface area contributed by atoms with Crippen molar-refractivity contribution in [2.45, 2.75) is 13.2 Å². The number of carbonyl (C=O) groups is 1. The molecule has 1 amide bonds. The Morgan fingerprint density at radius 3 is 2.68 bits per heavy atom. The molecule has 1 heterocycles. The average molecular weight is 356 g/mol. The summed E-state index contributed by atoms with van der Waals surface area (Å²) in [4.78, 5) is 12.2. The predicted octanol–water partition coefficient (Wildman–Crippen LogP) is 3.58. The van der Waals surface area contributed by atoms with Crippen LogP contribution in [0, 0.1) is 0 Å². The van der Waals surface area contributed by atoms with Crippen LogP contribution in [0.2, 0.25) is 5.02 Å². The molecule has 5 nitrogen and oxygen atoms in total. The van der Waals surface area contributed by atoms with Crippen molar-refractivity contribution < 1.29 is 9.53 Å². The largest absolute Gasteiger partial charge is 0.489 e. The summed E-state index contributed by atoms with van der Waals surface area (Å²) in [6.45, 7) is 0.815. The first kappa shape index (κ1) is 17.0. The van der Waals surface area contributed by atoms with E-state index in [-0.39, 0.29) is 5.91 Å². The molecule has 0 spiro atoms. The molecule has 2 aromatic carbocycles. The van der Waals surface area contributed by atoms with E-state index < -0.39 is 0 Å². The number of benzene rings is 2. The number of halogens is 1. The molecule has 0 unspecified atom stereocenters. The maximum absolute atomic E-state index is 12.2. The number of hydrogen-bond donors (Lipinski definition) is 1. The van der Waals surface area contributed by atoms with Crippen molar-refractivity contribution in [2.75, 3.05) is 0 Å². The lowest BCUT2D eigenvalue weighted by atomic mass is 10.1. The zero-order valence-electron chi connectivity index (χ0n) is 13.8. The molecule has 0 atom stereocenters. The Labute approximate surface area is 151 Å². The second kappa shape index (κ2) is 7.85. The van der Waals surface area contributed by atoms with Crippen LogP contribution < -0.4 is 10.1 Å². The third-order valence-corrected chi connectivity index (χ3v) is 3.85. The van der Waals surface area contributed by atoms with Crippen molar-refractivity contribution in [3.8, 4) is 5.75 Å². The van der Waals surface area contributed by atoms with Gasteiger partial charge in [-0.25, -0.2) is 0 Å². The van der Waals surface area contributed by atoms with Crippen LogP contribution in [0.1, 0.15) is 21.6 Å². The number of rotatable bonds is 6. The number of aryl methyl sites for hydroxylation is 1. The molecule has 0 aliphatic rings. The Balaban J connectivity index is 1.53. The molecule has 3 rings (SSSR count). The maximum Gasteiger partial charge on any atom is 0.251 e. The first-order valence-electron chi connectivity index (χ1n) is 7.84. The summed E-state index contributed by atoms with van der Waals surface area (Å²) >= 11 is 5.93. The van der Waals surface area contributed by atoms with Crippen molar-refractivity contribution in [1.82, 2.24) is 15.1 Å². The molecule has 0 saturated heterocycles. The van der Waals surface area contributed by atoms with Crippen LogP contribution in [0.15, 0.2) is 60.8 Å². The number of nitrogens with one attached hydrogen (secondary N) is 1. The highest BCUT2D eigenvalue weighted by Crippen LogP contribution is 2.18. The van der Waals surface area contributed by atoms with E-state index in [1.54, 1.807) is 28.9 Å². The van der Waals surface area contributed by atoms with Crippen molar-refractivity contribution >= 4 is 17.5 Å². The van der Waals surface area contributed by atoms with Crippen LogP contribution in [-0.2, 0) is 20.2 Å². The molecule has 1 N–H and O–H groups in total. The summed E-state index contributed by atoms with van der Waals surface area (Å²) in [5.74, 6) is 0.581. The number of aromatic nitrogens is 2. The van der Waals surface area contributed by atoms with Gasteiger partial charge in [-0.15, -0.1) is 0 Å². The van der Waals surface area contributed by atoms with Crippen molar-refractivity contribution in [3.63, 3.8) is 0 Å². The van der Waals surface area contributed by atoms with Gasteiger partial charge in [-0.1, -0.05) is 29.8 Å². The van der Waals surface area contributed by atoms with Crippen molar-refractivity contribution in [1.29, 1.82) is 0 Å². The highest BCUT2D eigenvalue weighted by Gasteiger charge is 2.06. The van der Waals surface area contributed by atoms with Gasteiger partial charge in [-0.2, -0.15) is 5.10 Å². The smallest absolute Gasteiger partial charge is 0.251 e. The minimum Gasteiger partial charge on any atom is -0.489 e. The van der Waals surface area contributed by atoms with Gasteiger partial charge in [0.1, 0.15) is 12.4 Å². The Morgan fingerprint density at radius 2 is 2.00 bits per heavy atom. The van der Waals surface area contributed by atoms with Crippen LogP contribution in [-0.4, -0.2) is 15.7 Å². The van der Waals surface area contributed by atoms with Crippen LogP contribution in [0.5, 0.6) is 5.75 Å². The van der Waals surface area contributed by atoms with E-state index in [0.29, 0.717) is 29.5 Å². The standard InChI is InChI=1S/C19H18ClN3O2/c1-23-10-9-17(22-23)12-21-19(24)15-7-5-14(6-8-15)13-25-18-4-2-3-16(20)11-18/h2-11H,12-13H2,1H3,(H,21,24). The molecule has 0 aliphatic carbocycles. The quantitative estimate of drug-likeness (QED) is 0.735. The molecule has 6 heteroatoms. The fourth-order valence-corrected chi connectivity index (χ4v) is 2.49. The van der Waals surface area contributed by atoms with Gasteiger partial charge < -0.3 is 10.1 Å². The van der Waals surface area contributed by atoms with E-state index in [9.17, 15) is 4.79 Å². The number of amides is 1. The normalized spacial score (nSPS) is 10.5. The second-order valence-corrected chi connectivity index (χ2v) is 6.04. The van der Waals surface area contributed by atoms with Gasteiger partial charge in [0, 0.05) is 23.8 Å². The van der Waals surface area contributed by atoms with E-state index in [1.807, 2.05) is 43.6 Å². The summed E-state index contributed by atoms with van der Waals surface area (Å²) in [7, 11) is 1.84. The van der Waals surface area contributed by atoms with Gasteiger partial charge in [-0.3, -0.25) is 9.48 Å². The van der Waals surface area contributed by atoms with Gasteiger partial charge in [0.2, 0.25) is 0 Å². The van der Waals surface area contributed by atoms with E-state index in [1.165, 1.54) is 0 Å². The highest BCUT2D eigenvalue weighted by molar-refractivity contribution is 6.30. The lowest BCUT2D eigenvalue weighted by Crippen LogP contribution is -2.23. The maximum atomic E-state index is 12.2. The Kier molecular flexibility index (Phi) is 5.36. The molecular weight excluding hydrogens is 338 g/mol. The van der Waals surface area contributed by atoms with Crippen LogP contribution in [0.4, 0.5) is 0 Å². The topological polar surface area (TPSA) is 56.2 Å². The summed E-state index contributed by atoms with van der Waals surface area (Å²) in [5, 5.41) is 7.71. The van der Waals surface area contributed by atoms with Crippen LogP contribution in [0.3, 0.4) is 0 Å². The fraction of sp³-hybridized carbons (Fsp3) is 0.158. The summed E-state index contributed by atoms with van der Waals surface area (Å²) in [6.07, 6.45) is 1.84.